The lowest BCUT2D eigenvalue weighted by atomic mass is 10.0. The molecule has 14 heavy (non-hydrogen) atoms. The molecule has 0 saturated carbocycles. The fourth-order valence-electron chi connectivity index (χ4n) is 1.29. The van der Waals surface area contributed by atoms with Gasteiger partial charge in [0.2, 0.25) is 0 Å². The largest absolute Gasteiger partial charge is 0.389 e. The molecular weight excluding hydrogens is 174 g/mol. The van der Waals surface area contributed by atoms with Gasteiger partial charge in [-0.2, -0.15) is 0 Å². The number of hydrogen-bond acceptors (Lipinski definition) is 2. The minimum absolute atomic E-state index is 0.530. The molecule has 0 radical (unpaired) electrons. The summed E-state index contributed by atoms with van der Waals surface area (Å²) >= 11 is 0. The maximum Gasteiger partial charge on any atom is 0.0740 e. The summed E-state index contributed by atoms with van der Waals surface area (Å²) in [6, 6.07) is 0. The Hall–Kier alpha value is -0.0800. The number of nitrogens with one attached hydrogen (secondary N) is 1. The zero-order valence-corrected chi connectivity index (χ0v) is 10.3. The van der Waals surface area contributed by atoms with Crippen molar-refractivity contribution in [3.05, 3.63) is 0 Å². The fourth-order valence-corrected chi connectivity index (χ4v) is 1.29. The smallest absolute Gasteiger partial charge is 0.0740 e. The van der Waals surface area contributed by atoms with Crippen LogP contribution in [0.15, 0.2) is 0 Å². The minimum atomic E-state index is -0.530. The van der Waals surface area contributed by atoms with Gasteiger partial charge in [0.05, 0.1) is 5.60 Å². The molecule has 0 saturated heterocycles. The Balaban J connectivity index is 3.21. The van der Waals surface area contributed by atoms with Crippen LogP contribution in [-0.2, 0) is 0 Å². The van der Waals surface area contributed by atoms with Crippen LogP contribution in [0.4, 0.5) is 0 Å². The van der Waals surface area contributed by atoms with Crippen LogP contribution in [0, 0.1) is 5.92 Å². The molecule has 0 aromatic rings. The fraction of sp³-hybridized carbons (Fsp3) is 1.00. The SMILES string of the molecule is CCC(C)(O)CNCCCCC(C)C. The predicted molar refractivity (Wildman–Crippen MR) is 62.5 cm³/mol. The second kappa shape index (κ2) is 7.24. The summed E-state index contributed by atoms with van der Waals surface area (Å²) in [7, 11) is 0. The number of aliphatic hydroxyl groups is 1. The van der Waals surface area contributed by atoms with Crippen LogP contribution >= 0.6 is 0 Å². The van der Waals surface area contributed by atoms with Gasteiger partial charge in [-0.05, 0) is 32.2 Å². The van der Waals surface area contributed by atoms with Crippen molar-refractivity contribution in [3.63, 3.8) is 0 Å². The van der Waals surface area contributed by atoms with Crippen LogP contribution in [0.2, 0.25) is 0 Å². The lowest BCUT2D eigenvalue weighted by molar-refractivity contribution is 0.0559. The average molecular weight is 201 g/mol. The zero-order valence-electron chi connectivity index (χ0n) is 10.3. The third-order valence-corrected chi connectivity index (χ3v) is 2.65. The van der Waals surface area contributed by atoms with Crippen molar-refractivity contribution in [2.75, 3.05) is 13.1 Å². The molecular formula is C12H27NO. The lowest BCUT2D eigenvalue weighted by Crippen LogP contribution is -2.37. The lowest BCUT2D eigenvalue weighted by Gasteiger charge is -2.21. The van der Waals surface area contributed by atoms with E-state index in [0.717, 1.165) is 18.9 Å². The van der Waals surface area contributed by atoms with Crippen LogP contribution in [0.3, 0.4) is 0 Å². The average Bonchev–Trinajstić information content (AvgIpc) is 2.10. The van der Waals surface area contributed by atoms with Crippen LogP contribution in [0.5, 0.6) is 0 Å². The third kappa shape index (κ3) is 8.52. The van der Waals surface area contributed by atoms with Gasteiger partial charge in [-0.15, -0.1) is 0 Å². The number of rotatable bonds is 8. The highest BCUT2D eigenvalue weighted by Crippen LogP contribution is 2.07. The van der Waals surface area contributed by atoms with E-state index in [1.54, 1.807) is 0 Å². The molecule has 1 unspecified atom stereocenters. The number of unbranched alkanes of at least 4 members (excludes halogenated alkanes) is 1. The molecule has 0 heterocycles. The van der Waals surface area contributed by atoms with Gasteiger partial charge in [0.25, 0.3) is 0 Å². The van der Waals surface area contributed by atoms with Crippen LogP contribution < -0.4 is 5.32 Å². The van der Waals surface area contributed by atoms with Crippen molar-refractivity contribution < 1.29 is 5.11 Å². The topological polar surface area (TPSA) is 32.3 Å². The molecule has 0 aromatic carbocycles. The summed E-state index contributed by atoms with van der Waals surface area (Å²) in [6.45, 7) is 10.2. The van der Waals surface area contributed by atoms with E-state index in [4.69, 9.17) is 0 Å². The molecule has 0 aliphatic rings. The zero-order chi connectivity index (χ0) is 11.0. The highest BCUT2D eigenvalue weighted by Gasteiger charge is 2.15. The first-order valence-corrected chi connectivity index (χ1v) is 5.91. The van der Waals surface area contributed by atoms with Gasteiger partial charge < -0.3 is 10.4 Å². The monoisotopic (exact) mass is 201 g/mol. The van der Waals surface area contributed by atoms with Gasteiger partial charge >= 0.3 is 0 Å². The molecule has 0 aliphatic heterocycles. The van der Waals surface area contributed by atoms with Gasteiger partial charge in [-0.1, -0.05) is 33.6 Å². The van der Waals surface area contributed by atoms with E-state index in [1.165, 1.54) is 19.3 Å². The Morgan fingerprint density at radius 3 is 2.43 bits per heavy atom. The molecule has 0 aromatic heterocycles. The second-order valence-electron chi connectivity index (χ2n) is 4.92. The van der Waals surface area contributed by atoms with Gasteiger partial charge in [-0.25, -0.2) is 0 Å². The molecule has 1 atom stereocenters. The summed E-state index contributed by atoms with van der Waals surface area (Å²) < 4.78 is 0. The first-order chi connectivity index (χ1) is 6.48. The van der Waals surface area contributed by atoms with E-state index in [-0.39, 0.29) is 0 Å². The van der Waals surface area contributed by atoms with Gasteiger partial charge in [0, 0.05) is 6.54 Å². The summed E-state index contributed by atoms with van der Waals surface area (Å²) in [6.07, 6.45) is 4.63. The standard InChI is InChI=1S/C12H27NO/c1-5-12(4,14)10-13-9-7-6-8-11(2)3/h11,13-14H,5-10H2,1-4H3. The maximum absolute atomic E-state index is 9.71. The van der Waals surface area contributed by atoms with E-state index in [1.807, 2.05) is 13.8 Å². The van der Waals surface area contributed by atoms with Crippen LogP contribution in [-0.4, -0.2) is 23.8 Å². The summed E-state index contributed by atoms with van der Waals surface area (Å²) in [4.78, 5) is 0. The maximum atomic E-state index is 9.71. The third-order valence-electron chi connectivity index (χ3n) is 2.65. The Morgan fingerprint density at radius 2 is 1.93 bits per heavy atom. The van der Waals surface area contributed by atoms with E-state index < -0.39 is 5.60 Å². The summed E-state index contributed by atoms with van der Waals surface area (Å²) in [5, 5.41) is 13.0. The van der Waals surface area contributed by atoms with Crippen molar-refractivity contribution >= 4 is 0 Å². The Kier molecular flexibility index (Phi) is 7.20. The summed E-state index contributed by atoms with van der Waals surface area (Å²) in [5.41, 5.74) is -0.530. The Labute approximate surface area is 89.1 Å². The molecule has 0 rings (SSSR count). The quantitative estimate of drug-likeness (QED) is 0.592. The highest BCUT2D eigenvalue weighted by atomic mass is 16.3. The first kappa shape index (κ1) is 13.9. The Bertz CT molecular complexity index is 132. The molecule has 2 heteroatoms. The molecule has 0 amide bonds. The minimum Gasteiger partial charge on any atom is -0.389 e. The molecule has 2 nitrogen and oxygen atoms in total. The first-order valence-electron chi connectivity index (χ1n) is 5.91. The predicted octanol–water partition coefficient (Wildman–Crippen LogP) is 2.56. The van der Waals surface area contributed by atoms with Crippen molar-refractivity contribution in [3.8, 4) is 0 Å². The van der Waals surface area contributed by atoms with E-state index in [0.29, 0.717) is 6.54 Å². The second-order valence-corrected chi connectivity index (χ2v) is 4.92. The molecule has 2 N–H and O–H groups in total. The van der Waals surface area contributed by atoms with Crippen molar-refractivity contribution in [2.24, 2.45) is 5.92 Å². The molecule has 0 spiro atoms. The van der Waals surface area contributed by atoms with Crippen molar-refractivity contribution in [1.82, 2.24) is 5.32 Å². The van der Waals surface area contributed by atoms with Crippen LogP contribution in [0.1, 0.15) is 53.4 Å². The Morgan fingerprint density at radius 1 is 1.29 bits per heavy atom. The van der Waals surface area contributed by atoms with E-state index >= 15 is 0 Å². The molecule has 0 aliphatic carbocycles. The normalized spacial score (nSPS) is 15.9. The van der Waals surface area contributed by atoms with Gasteiger partial charge in [0.15, 0.2) is 0 Å². The molecule has 0 fully saturated rings. The van der Waals surface area contributed by atoms with Gasteiger partial charge in [-0.3, -0.25) is 0 Å². The van der Waals surface area contributed by atoms with Gasteiger partial charge in [0.1, 0.15) is 0 Å². The highest BCUT2D eigenvalue weighted by molar-refractivity contribution is 4.72. The summed E-state index contributed by atoms with van der Waals surface area (Å²) in [5.74, 6) is 0.814. The van der Waals surface area contributed by atoms with Crippen LogP contribution in [0.25, 0.3) is 0 Å². The van der Waals surface area contributed by atoms with Crippen molar-refractivity contribution in [1.29, 1.82) is 0 Å². The van der Waals surface area contributed by atoms with E-state index in [2.05, 4.69) is 19.2 Å². The van der Waals surface area contributed by atoms with Crippen molar-refractivity contribution in [2.45, 2.75) is 59.0 Å². The number of hydrogen-bond donors (Lipinski definition) is 2. The molecule has 86 valence electrons. The molecule has 0 bridgehead atoms. The van der Waals surface area contributed by atoms with E-state index in [9.17, 15) is 5.11 Å².